The highest BCUT2D eigenvalue weighted by Gasteiger charge is 2.03. The van der Waals surface area contributed by atoms with Crippen molar-refractivity contribution in [2.24, 2.45) is 4.99 Å². The van der Waals surface area contributed by atoms with E-state index in [0.29, 0.717) is 18.9 Å². The van der Waals surface area contributed by atoms with Crippen LogP contribution in [-0.4, -0.2) is 43.8 Å². The molecule has 0 atom stereocenters. The number of thioether (sulfide) groups is 1. The summed E-state index contributed by atoms with van der Waals surface area (Å²) in [5.74, 6) is 1.45. The number of hydrogen-bond acceptors (Lipinski definition) is 3. The van der Waals surface area contributed by atoms with Crippen LogP contribution >= 0.6 is 11.8 Å². The van der Waals surface area contributed by atoms with Crippen molar-refractivity contribution >= 4 is 23.6 Å². The molecular weight excluding hydrogens is 327 g/mol. The summed E-state index contributed by atoms with van der Waals surface area (Å²) in [5.41, 5.74) is 0. The van der Waals surface area contributed by atoms with Gasteiger partial charge in [0.15, 0.2) is 5.96 Å². The van der Waals surface area contributed by atoms with Gasteiger partial charge in [-0.05, 0) is 50.3 Å². The van der Waals surface area contributed by atoms with E-state index in [0.717, 1.165) is 23.6 Å². The lowest BCUT2D eigenvalue weighted by Gasteiger charge is -2.12. The second kappa shape index (κ2) is 11.7. The van der Waals surface area contributed by atoms with Gasteiger partial charge in [0.1, 0.15) is 5.82 Å². The fraction of sp³-hybridized carbons (Fsp3) is 0.529. The van der Waals surface area contributed by atoms with Gasteiger partial charge in [-0.3, -0.25) is 9.79 Å². The first-order chi connectivity index (χ1) is 11.5. The van der Waals surface area contributed by atoms with Crippen LogP contribution in [-0.2, 0) is 4.79 Å². The minimum atomic E-state index is -0.210. The first-order valence-corrected chi connectivity index (χ1v) is 9.12. The third-order valence-corrected chi connectivity index (χ3v) is 4.11. The van der Waals surface area contributed by atoms with E-state index in [-0.39, 0.29) is 17.8 Å². The molecule has 0 unspecified atom stereocenters. The molecular formula is C17H27FN4OS. The summed E-state index contributed by atoms with van der Waals surface area (Å²) in [5, 5.41) is 9.18. The Bertz CT molecular complexity index is 520. The Kier molecular flexibility index (Phi) is 9.91. The van der Waals surface area contributed by atoms with Crippen molar-refractivity contribution in [3.8, 4) is 0 Å². The summed E-state index contributed by atoms with van der Waals surface area (Å²) in [7, 11) is 1.71. The molecule has 24 heavy (non-hydrogen) atoms. The predicted octanol–water partition coefficient (Wildman–Crippen LogP) is 2.39. The third-order valence-electron chi connectivity index (χ3n) is 3.01. The Morgan fingerprint density at radius 2 is 1.88 bits per heavy atom. The zero-order valence-electron chi connectivity index (χ0n) is 14.6. The molecule has 0 radical (unpaired) electrons. The second-order valence-corrected chi connectivity index (χ2v) is 6.72. The lowest BCUT2D eigenvalue weighted by atomic mass is 10.3. The summed E-state index contributed by atoms with van der Waals surface area (Å²) < 4.78 is 12.8. The molecule has 1 aromatic rings. The van der Waals surface area contributed by atoms with E-state index in [9.17, 15) is 9.18 Å². The molecule has 0 aromatic heterocycles. The van der Waals surface area contributed by atoms with Gasteiger partial charge in [0.05, 0.1) is 0 Å². The Morgan fingerprint density at radius 1 is 1.21 bits per heavy atom. The molecule has 0 saturated heterocycles. The van der Waals surface area contributed by atoms with Gasteiger partial charge in [0.25, 0.3) is 0 Å². The van der Waals surface area contributed by atoms with E-state index in [4.69, 9.17) is 0 Å². The molecule has 3 N–H and O–H groups in total. The number of amides is 1. The van der Waals surface area contributed by atoms with Gasteiger partial charge in [-0.15, -0.1) is 11.8 Å². The zero-order valence-corrected chi connectivity index (χ0v) is 15.4. The highest BCUT2D eigenvalue weighted by Crippen LogP contribution is 2.18. The Hall–Kier alpha value is -1.76. The summed E-state index contributed by atoms with van der Waals surface area (Å²) in [6.45, 7) is 5.21. The Balaban J connectivity index is 2.11. The quantitative estimate of drug-likeness (QED) is 0.276. The van der Waals surface area contributed by atoms with E-state index < -0.39 is 0 Å². The molecule has 0 aliphatic heterocycles. The van der Waals surface area contributed by atoms with Gasteiger partial charge < -0.3 is 16.0 Å². The lowest BCUT2D eigenvalue weighted by molar-refractivity contribution is -0.121. The number of nitrogens with zero attached hydrogens (tertiary/aromatic N) is 1. The van der Waals surface area contributed by atoms with E-state index in [1.165, 1.54) is 12.1 Å². The topological polar surface area (TPSA) is 65.5 Å². The molecule has 0 heterocycles. The van der Waals surface area contributed by atoms with Crippen LogP contribution in [0.15, 0.2) is 34.2 Å². The molecule has 1 aromatic carbocycles. The third kappa shape index (κ3) is 9.39. The smallest absolute Gasteiger partial charge is 0.221 e. The van der Waals surface area contributed by atoms with Crippen LogP contribution in [0.25, 0.3) is 0 Å². The van der Waals surface area contributed by atoms with Gasteiger partial charge in [-0.1, -0.05) is 0 Å². The molecule has 1 rings (SSSR count). The molecule has 0 fully saturated rings. The molecule has 1 amide bonds. The van der Waals surface area contributed by atoms with Crippen LogP contribution in [0.1, 0.15) is 26.7 Å². The molecule has 0 aliphatic rings. The minimum absolute atomic E-state index is 0.0312. The maximum absolute atomic E-state index is 12.8. The average molecular weight is 354 g/mol. The van der Waals surface area contributed by atoms with Gasteiger partial charge in [-0.25, -0.2) is 4.39 Å². The predicted molar refractivity (Wildman–Crippen MR) is 99.0 cm³/mol. The number of carbonyl (C=O) groups is 1. The fourth-order valence-corrected chi connectivity index (χ4v) is 2.76. The van der Waals surface area contributed by atoms with Gasteiger partial charge in [0.2, 0.25) is 5.91 Å². The van der Waals surface area contributed by atoms with Gasteiger partial charge >= 0.3 is 0 Å². The SMILES string of the molecule is CN=C(NCCCSc1ccc(F)cc1)NCCC(=O)NC(C)C. The van der Waals surface area contributed by atoms with Crippen LogP contribution < -0.4 is 16.0 Å². The van der Waals surface area contributed by atoms with Crippen LogP contribution in [0.2, 0.25) is 0 Å². The van der Waals surface area contributed by atoms with Crippen LogP contribution in [0.3, 0.4) is 0 Å². The lowest BCUT2D eigenvalue weighted by Crippen LogP contribution is -2.40. The number of hydrogen-bond donors (Lipinski definition) is 3. The number of rotatable bonds is 9. The average Bonchev–Trinajstić information content (AvgIpc) is 2.54. The van der Waals surface area contributed by atoms with E-state index in [1.54, 1.807) is 30.9 Å². The summed E-state index contributed by atoms with van der Waals surface area (Å²) in [6, 6.07) is 6.68. The Labute approximate surface area is 147 Å². The van der Waals surface area contributed by atoms with E-state index in [1.807, 2.05) is 13.8 Å². The largest absolute Gasteiger partial charge is 0.356 e. The number of halogens is 1. The highest BCUT2D eigenvalue weighted by molar-refractivity contribution is 7.99. The van der Waals surface area contributed by atoms with Crippen molar-refractivity contribution in [2.45, 2.75) is 37.6 Å². The monoisotopic (exact) mass is 354 g/mol. The number of aliphatic imine (C=N–C) groups is 1. The van der Waals surface area contributed by atoms with E-state index in [2.05, 4.69) is 20.9 Å². The summed E-state index contributed by atoms with van der Waals surface area (Å²) in [6.07, 6.45) is 1.37. The first-order valence-electron chi connectivity index (χ1n) is 8.13. The van der Waals surface area contributed by atoms with Crippen molar-refractivity contribution in [2.75, 3.05) is 25.9 Å². The molecule has 7 heteroatoms. The molecule has 0 aliphatic carbocycles. The van der Waals surface area contributed by atoms with Crippen molar-refractivity contribution in [1.29, 1.82) is 0 Å². The van der Waals surface area contributed by atoms with E-state index >= 15 is 0 Å². The van der Waals surface area contributed by atoms with Crippen LogP contribution in [0.4, 0.5) is 4.39 Å². The molecule has 5 nitrogen and oxygen atoms in total. The maximum Gasteiger partial charge on any atom is 0.221 e. The summed E-state index contributed by atoms with van der Waals surface area (Å²) in [4.78, 5) is 16.7. The normalized spacial score (nSPS) is 11.5. The van der Waals surface area contributed by atoms with Crippen LogP contribution in [0, 0.1) is 5.82 Å². The highest BCUT2D eigenvalue weighted by atomic mass is 32.2. The maximum atomic E-state index is 12.8. The van der Waals surface area contributed by atoms with Crippen molar-refractivity contribution in [3.05, 3.63) is 30.1 Å². The van der Waals surface area contributed by atoms with Crippen molar-refractivity contribution in [3.63, 3.8) is 0 Å². The number of carbonyl (C=O) groups excluding carboxylic acids is 1. The fourth-order valence-electron chi connectivity index (χ4n) is 1.91. The molecule has 0 saturated carbocycles. The molecule has 134 valence electrons. The zero-order chi connectivity index (χ0) is 17.8. The van der Waals surface area contributed by atoms with Crippen molar-refractivity contribution in [1.82, 2.24) is 16.0 Å². The molecule has 0 spiro atoms. The number of benzene rings is 1. The number of guanidine groups is 1. The van der Waals surface area contributed by atoms with Crippen LogP contribution in [0.5, 0.6) is 0 Å². The molecule has 0 bridgehead atoms. The van der Waals surface area contributed by atoms with Gasteiger partial charge in [0, 0.05) is 37.5 Å². The Morgan fingerprint density at radius 3 is 2.50 bits per heavy atom. The number of nitrogens with one attached hydrogen (secondary N) is 3. The minimum Gasteiger partial charge on any atom is -0.356 e. The van der Waals surface area contributed by atoms with Crippen molar-refractivity contribution < 1.29 is 9.18 Å². The van der Waals surface area contributed by atoms with Gasteiger partial charge in [-0.2, -0.15) is 0 Å². The second-order valence-electron chi connectivity index (χ2n) is 5.55. The standard InChI is InChI=1S/C17H27FN4OS/c1-13(2)22-16(23)9-11-21-17(19-3)20-10-4-12-24-15-7-5-14(18)6-8-15/h5-8,13H,4,9-12H2,1-3H3,(H,22,23)(H2,19,20,21). The summed E-state index contributed by atoms with van der Waals surface area (Å²) >= 11 is 1.70. The first kappa shape index (κ1) is 20.3.